The van der Waals surface area contributed by atoms with Gasteiger partial charge in [0.25, 0.3) is 0 Å². The summed E-state index contributed by atoms with van der Waals surface area (Å²) in [6.07, 6.45) is 1.67. The second-order valence-electron chi connectivity index (χ2n) is 6.48. The lowest BCUT2D eigenvalue weighted by molar-refractivity contribution is -0.144. The summed E-state index contributed by atoms with van der Waals surface area (Å²) in [7, 11) is 0. The molecular weight excluding hydrogens is 298 g/mol. The lowest BCUT2D eigenvalue weighted by atomic mass is 9.97. The number of rotatable bonds is 9. The van der Waals surface area contributed by atoms with Crippen LogP contribution in [0.3, 0.4) is 0 Å². The fourth-order valence-electron chi connectivity index (χ4n) is 2.87. The molecule has 0 saturated heterocycles. The number of carboxylic acid groups (broad SMARTS) is 1. The van der Waals surface area contributed by atoms with Crippen molar-refractivity contribution in [2.24, 2.45) is 5.92 Å². The second kappa shape index (κ2) is 9.24. The molecule has 128 valence electrons. The van der Waals surface area contributed by atoms with Crippen LogP contribution < -0.4 is 0 Å². The Morgan fingerprint density at radius 1 is 0.958 bits per heavy atom. The average molecular weight is 325 g/mol. The molecule has 2 aromatic rings. The molecule has 24 heavy (non-hydrogen) atoms. The van der Waals surface area contributed by atoms with Gasteiger partial charge in [-0.1, -0.05) is 80.9 Å². The summed E-state index contributed by atoms with van der Waals surface area (Å²) in [6, 6.07) is 19.7. The fourth-order valence-corrected chi connectivity index (χ4v) is 2.87. The lowest BCUT2D eigenvalue weighted by Crippen LogP contribution is -2.41. The van der Waals surface area contributed by atoms with Crippen molar-refractivity contribution in [3.63, 3.8) is 0 Å². The zero-order valence-corrected chi connectivity index (χ0v) is 14.6. The molecule has 3 nitrogen and oxygen atoms in total. The van der Waals surface area contributed by atoms with Crippen LogP contribution in [0.15, 0.2) is 60.7 Å². The Kier molecular flexibility index (Phi) is 7.01. The number of carboxylic acids is 1. The standard InChI is InChI=1S/C21H27NO2/c1-3-17(2)14-20(21(23)24)22(15-18-10-6-4-7-11-18)16-19-12-8-5-9-13-19/h4-13,17,20H,3,14-16H2,1-2H3,(H,23,24). The van der Waals surface area contributed by atoms with E-state index in [0.29, 0.717) is 25.4 Å². The Morgan fingerprint density at radius 2 is 1.42 bits per heavy atom. The van der Waals surface area contributed by atoms with Crippen molar-refractivity contribution in [3.05, 3.63) is 71.8 Å². The Bertz CT molecular complexity index is 571. The molecule has 0 radical (unpaired) electrons. The van der Waals surface area contributed by atoms with Crippen molar-refractivity contribution >= 4 is 5.97 Å². The van der Waals surface area contributed by atoms with Gasteiger partial charge in [-0.05, 0) is 23.5 Å². The minimum atomic E-state index is -0.734. The van der Waals surface area contributed by atoms with Crippen LogP contribution in [0.25, 0.3) is 0 Å². The molecule has 0 fully saturated rings. The zero-order valence-electron chi connectivity index (χ0n) is 14.6. The highest BCUT2D eigenvalue weighted by molar-refractivity contribution is 5.73. The first kappa shape index (κ1) is 18.2. The van der Waals surface area contributed by atoms with Crippen molar-refractivity contribution in [2.75, 3.05) is 0 Å². The maximum Gasteiger partial charge on any atom is 0.320 e. The van der Waals surface area contributed by atoms with E-state index in [1.807, 2.05) is 36.4 Å². The third kappa shape index (κ3) is 5.50. The molecule has 0 bridgehead atoms. The quantitative estimate of drug-likeness (QED) is 0.734. The molecule has 0 aliphatic rings. The van der Waals surface area contributed by atoms with Gasteiger partial charge in [-0.15, -0.1) is 0 Å². The minimum absolute atomic E-state index is 0.389. The molecule has 2 rings (SSSR count). The molecule has 2 unspecified atom stereocenters. The molecule has 0 spiro atoms. The van der Waals surface area contributed by atoms with Crippen molar-refractivity contribution in [1.82, 2.24) is 4.90 Å². The van der Waals surface area contributed by atoms with Crippen LogP contribution in [0, 0.1) is 5.92 Å². The van der Waals surface area contributed by atoms with E-state index in [0.717, 1.165) is 17.5 Å². The van der Waals surface area contributed by atoms with Crippen LogP contribution in [0.4, 0.5) is 0 Å². The summed E-state index contributed by atoms with van der Waals surface area (Å²) >= 11 is 0. The molecule has 0 aliphatic heterocycles. The van der Waals surface area contributed by atoms with Crippen LogP contribution in [-0.4, -0.2) is 22.0 Å². The molecule has 1 N–H and O–H groups in total. The smallest absolute Gasteiger partial charge is 0.320 e. The number of hydrogen-bond donors (Lipinski definition) is 1. The van der Waals surface area contributed by atoms with Crippen molar-refractivity contribution < 1.29 is 9.90 Å². The van der Waals surface area contributed by atoms with Gasteiger partial charge in [0.2, 0.25) is 0 Å². The molecule has 0 saturated carbocycles. The first-order chi connectivity index (χ1) is 11.6. The van der Waals surface area contributed by atoms with Crippen molar-refractivity contribution in [1.29, 1.82) is 0 Å². The topological polar surface area (TPSA) is 40.5 Å². The highest BCUT2D eigenvalue weighted by atomic mass is 16.4. The molecule has 2 atom stereocenters. The third-order valence-corrected chi connectivity index (χ3v) is 4.51. The molecule has 0 aliphatic carbocycles. The SMILES string of the molecule is CCC(C)CC(C(=O)O)N(Cc1ccccc1)Cc1ccccc1. The summed E-state index contributed by atoms with van der Waals surface area (Å²) in [5, 5.41) is 9.80. The van der Waals surface area contributed by atoms with E-state index >= 15 is 0 Å². The average Bonchev–Trinajstić information content (AvgIpc) is 2.60. The Morgan fingerprint density at radius 3 is 1.79 bits per heavy atom. The third-order valence-electron chi connectivity index (χ3n) is 4.51. The van der Waals surface area contributed by atoms with Gasteiger partial charge in [0.15, 0.2) is 0 Å². The molecule has 0 amide bonds. The normalized spacial score (nSPS) is 13.6. The van der Waals surface area contributed by atoms with E-state index in [9.17, 15) is 9.90 Å². The monoisotopic (exact) mass is 325 g/mol. The van der Waals surface area contributed by atoms with Crippen LogP contribution >= 0.6 is 0 Å². The summed E-state index contributed by atoms with van der Waals surface area (Å²) in [6.45, 7) is 5.52. The largest absolute Gasteiger partial charge is 0.480 e. The summed E-state index contributed by atoms with van der Waals surface area (Å²) in [5.74, 6) is -0.345. The van der Waals surface area contributed by atoms with E-state index in [4.69, 9.17) is 0 Å². The number of aliphatic carboxylic acids is 1. The molecular formula is C21H27NO2. The number of nitrogens with zero attached hydrogens (tertiary/aromatic N) is 1. The van der Waals surface area contributed by atoms with Gasteiger partial charge >= 0.3 is 5.97 Å². The van der Waals surface area contributed by atoms with Crippen molar-refractivity contribution in [2.45, 2.75) is 45.8 Å². The highest BCUT2D eigenvalue weighted by Gasteiger charge is 2.27. The molecule has 3 heteroatoms. The predicted molar refractivity (Wildman–Crippen MR) is 97.6 cm³/mol. The maximum atomic E-state index is 11.9. The van der Waals surface area contributed by atoms with Gasteiger partial charge < -0.3 is 5.11 Å². The van der Waals surface area contributed by atoms with E-state index < -0.39 is 12.0 Å². The minimum Gasteiger partial charge on any atom is -0.480 e. The summed E-state index contributed by atoms with van der Waals surface area (Å²) in [4.78, 5) is 14.0. The fraction of sp³-hybridized carbons (Fsp3) is 0.381. The van der Waals surface area contributed by atoms with E-state index in [-0.39, 0.29) is 0 Å². The van der Waals surface area contributed by atoms with E-state index in [1.54, 1.807) is 0 Å². The number of benzene rings is 2. The zero-order chi connectivity index (χ0) is 17.4. The second-order valence-corrected chi connectivity index (χ2v) is 6.48. The Labute approximate surface area is 144 Å². The van der Waals surface area contributed by atoms with Gasteiger partial charge in [-0.2, -0.15) is 0 Å². The molecule has 0 aromatic heterocycles. The predicted octanol–water partition coefficient (Wildman–Crippen LogP) is 4.58. The van der Waals surface area contributed by atoms with Gasteiger partial charge in [-0.3, -0.25) is 9.69 Å². The number of hydrogen-bond acceptors (Lipinski definition) is 2. The van der Waals surface area contributed by atoms with Crippen molar-refractivity contribution in [3.8, 4) is 0 Å². The van der Waals surface area contributed by atoms with Gasteiger partial charge in [0.1, 0.15) is 6.04 Å². The highest BCUT2D eigenvalue weighted by Crippen LogP contribution is 2.20. The van der Waals surface area contributed by atoms with E-state index in [1.165, 1.54) is 0 Å². The molecule has 0 heterocycles. The lowest BCUT2D eigenvalue weighted by Gasteiger charge is -2.30. The first-order valence-electron chi connectivity index (χ1n) is 8.64. The van der Waals surface area contributed by atoms with E-state index in [2.05, 4.69) is 43.0 Å². The molecule has 2 aromatic carbocycles. The van der Waals surface area contributed by atoms with Gasteiger partial charge in [-0.25, -0.2) is 0 Å². The Hall–Kier alpha value is -2.13. The first-order valence-corrected chi connectivity index (χ1v) is 8.64. The maximum absolute atomic E-state index is 11.9. The van der Waals surface area contributed by atoms with Crippen LogP contribution in [-0.2, 0) is 17.9 Å². The van der Waals surface area contributed by atoms with Crippen LogP contribution in [0.5, 0.6) is 0 Å². The van der Waals surface area contributed by atoms with Crippen LogP contribution in [0.2, 0.25) is 0 Å². The number of carbonyl (C=O) groups is 1. The summed E-state index contributed by atoms with van der Waals surface area (Å²) < 4.78 is 0. The summed E-state index contributed by atoms with van der Waals surface area (Å²) in [5.41, 5.74) is 2.28. The van der Waals surface area contributed by atoms with Gasteiger partial charge in [0.05, 0.1) is 0 Å². The van der Waals surface area contributed by atoms with Gasteiger partial charge in [0, 0.05) is 13.1 Å². The Balaban J connectivity index is 2.23. The van der Waals surface area contributed by atoms with Crippen LogP contribution in [0.1, 0.15) is 37.8 Å².